The molecule has 1 N–H and O–H groups in total. The summed E-state index contributed by atoms with van der Waals surface area (Å²) in [7, 11) is 1.64. The molecule has 2 rings (SSSR count). The Labute approximate surface area is 85.9 Å². The van der Waals surface area contributed by atoms with Crippen molar-refractivity contribution in [2.24, 2.45) is 0 Å². The summed E-state index contributed by atoms with van der Waals surface area (Å²) >= 11 is 0. The van der Waals surface area contributed by atoms with Gasteiger partial charge in [0.05, 0.1) is 18.4 Å². The number of halogens is 1. The standard InChI is InChI=1S/C11H10FNO2/c1-13-6-9(14)11-7-4-5-15-10(7)3-2-8(11)12/h2-5,13H,6H2,1H3. The van der Waals surface area contributed by atoms with Gasteiger partial charge in [0, 0.05) is 5.39 Å². The van der Waals surface area contributed by atoms with Crippen LogP contribution in [-0.4, -0.2) is 19.4 Å². The van der Waals surface area contributed by atoms with Crippen LogP contribution >= 0.6 is 0 Å². The summed E-state index contributed by atoms with van der Waals surface area (Å²) in [6.45, 7) is 0.112. The number of furan rings is 1. The van der Waals surface area contributed by atoms with Crippen LogP contribution in [-0.2, 0) is 0 Å². The third kappa shape index (κ3) is 1.64. The molecule has 0 atom stereocenters. The monoisotopic (exact) mass is 207 g/mol. The largest absolute Gasteiger partial charge is 0.464 e. The number of ketones is 1. The lowest BCUT2D eigenvalue weighted by atomic mass is 10.1. The van der Waals surface area contributed by atoms with Crippen molar-refractivity contribution in [3.05, 3.63) is 35.8 Å². The molecule has 0 bridgehead atoms. The number of likely N-dealkylation sites (N-methyl/N-ethyl adjacent to an activating group) is 1. The van der Waals surface area contributed by atoms with Crippen LogP contribution in [0.2, 0.25) is 0 Å². The lowest BCUT2D eigenvalue weighted by Gasteiger charge is -2.02. The molecule has 15 heavy (non-hydrogen) atoms. The fourth-order valence-corrected chi connectivity index (χ4v) is 1.55. The van der Waals surface area contributed by atoms with Gasteiger partial charge in [0.2, 0.25) is 0 Å². The number of fused-ring (bicyclic) bond motifs is 1. The normalized spacial score (nSPS) is 10.8. The van der Waals surface area contributed by atoms with Crippen molar-refractivity contribution < 1.29 is 13.6 Å². The molecule has 3 nitrogen and oxygen atoms in total. The fourth-order valence-electron chi connectivity index (χ4n) is 1.55. The molecule has 4 heteroatoms. The molecule has 1 heterocycles. The first-order chi connectivity index (χ1) is 7.24. The van der Waals surface area contributed by atoms with Crippen LogP contribution in [0, 0.1) is 5.82 Å². The van der Waals surface area contributed by atoms with Gasteiger partial charge in [-0.25, -0.2) is 4.39 Å². The summed E-state index contributed by atoms with van der Waals surface area (Å²) in [5, 5.41) is 3.23. The number of carbonyl (C=O) groups excluding carboxylic acids is 1. The van der Waals surface area contributed by atoms with E-state index >= 15 is 0 Å². The highest BCUT2D eigenvalue weighted by Crippen LogP contribution is 2.22. The molecule has 0 aliphatic rings. The molecule has 1 aromatic heterocycles. The van der Waals surface area contributed by atoms with E-state index in [-0.39, 0.29) is 17.9 Å². The first-order valence-electron chi connectivity index (χ1n) is 4.57. The lowest BCUT2D eigenvalue weighted by molar-refractivity contribution is 0.0991. The molecule has 0 radical (unpaired) electrons. The van der Waals surface area contributed by atoms with Crippen LogP contribution in [0.1, 0.15) is 10.4 Å². The van der Waals surface area contributed by atoms with Crippen molar-refractivity contribution in [3.63, 3.8) is 0 Å². The Bertz CT molecular complexity index is 504. The van der Waals surface area contributed by atoms with Crippen LogP contribution < -0.4 is 5.32 Å². The lowest BCUT2D eigenvalue weighted by Crippen LogP contribution is -2.19. The maximum absolute atomic E-state index is 13.5. The van der Waals surface area contributed by atoms with E-state index in [0.717, 1.165) is 0 Å². The molecule has 0 aliphatic heterocycles. The first-order valence-corrected chi connectivity index (χ1v) is 4.57. The SMILES string of the molecule is CNCC(=O)c1c(F)ccc2occc12. The van der Waals surface area contributed by atoms with Gasteiger partial charge in [0.1, 0.15) is 11.4 Å². The highest BCUT2D eigenvalue weighted by atomic mass is 19.1. The summed E-state index contributed by atoms with van der Waals surface area (Å²) in [6, 6.07) is 4.36. The van der Waals surface area contributed by atoms with Gasteiger partial charge in [-0.3, -0.25) is 4.79 Å². The van der Waals surface area contributed by atoms with Crippen molar-refractivity contribution in [2.75, 3.05) is 13.6 Å². The van der Waals surface area contributed by atoms with Crippen molar-refractivity contribution in [2.45, 2.75) is 0 Å². The molecule has 0 spiro atoms. The van der Waals surface area contributed by atoms with E-state index in [9.17, 15) is 9.18 Å². The van der Waals surface area contributed by atoms with Gasteiger partial charge >= 0.3 is 0 Å². The Morgan fingerprint density at radius 3 is 3.00 bits per heavy atom. The summed E-state index contributed by atoms with van der Waals surface area (Å²) in [4.78, 5) is 11.6. The third-order valence-corrected chi connectivity index (χ3v) is 2.20. The Morgan fingerprint density at radius 2 is 2.27 bits per heavy atom. The minimum atomic E-state index is -0.510. The molecule has 0 saturated heterocycles. The Balaban J connectivity index is 2.61. The average Bonchev–Trinajstić information content (AvgIpc) is 2.65. The number of Topliss-reactive ketones (excluding diaryl/α,β-unsaturated/α-hetero) is 1. The van der Waals surface area contributed by atoms with E-state index in [1.54, 1.807) is 13.1 Å². The molecular weight excluding hydrogens is 197 g/mol. The van der Waals surface area contributed by atoms with E-state index in [0.29, 0.717) is 11.0 Å². The van der Waals surface area contributed by atoms with Gasteiger partial charge in [0.25, 0.3) is 0 Å². The molecule has 0 aliphatic carbocycles. The van der Waals surface area contributed by atoms with E-state index < -0.39 is 5.82 Å². The Hall–Kier alpha value is -1.68. The fraction of sp³-hybridized carbons (Fsp3) is 0.182. The Morgan fingerprint density at radius 1 is 1.47 bits per heavy atom. The molecule has 0 amide bonds. The number of carbonyl (C=O) groups is 1. The third-order valence-electron chi connectivity index (χ3n) is 2.20. The highest BCUT2D eigenvalue weighted by Gasteiger charge is 2.16. The number of hydrogen-bond acceptors (Lipinski definition) is 3. The van der Waals surface area contributed by atoms with Gasteiger partial charge in [-0.15, -0.1) is 0 Å². The van der Waals surface area contributed by atoms with Crippen molar-refractivity contribution >= 4 is 16.8 Å². The zero-order valence-electron chi connectivity index (χ0n) is 8.21. The minimum absolute atomic E-state index is 0.0931. The van der Waals surface area contributed by atoms with Gasteiger partial charge in [-0.1, -0.05) is 0 Å². The number of benzene rings is 1. The van der Waals surface area contributed by atoms with E-state index in [2.05, 4.69) is 5.32 Å². The molecule has 0 unspecified atom stereocenters. The van der Waals surface area contributed by atoms with Crippen LogP contribution in [0.5, 0.6) is 0 Å². The van der Waals surface area contributed by atoms with E-state index in [1.165, 1.54) is 18.4 Å². The van der Waals surface area contributed by atoms with Gasteiger partial charge in [-0.05, 0) is 25.2 Å². The molecule has 78 valence electrons. The number of nitrogens with one attached hydrogen (secondary N) is 1. The van der Waals surface area contributed by atoms with Gasteiger partial charge < -0.3 is 9.73 Å². The van der Waals surface area contributed by atoms with Crippen LogP contribution in [0.15, 0.2) is 28.9 Å². The molecular formula is C11H10FNO2. The molecule has 0 saturated carbocycles. The van der Waals surface area contributed by atoms with E-state index in [4.69, 9.17) is 4.42 Å². The van der Waals surface area contributed by atoms with Crippen molar-refractivity contribution in [1.29, 1.82) is 0 Å². The zero-order valence-corrected chi connectivity index (χ0v) is 8.21. The average molecular weight is 207 g/mol. The minimum Gasteiger partial charge on any atom is -0.464 e. The van der Waals surface area contributed by atoms with Gasteiger partial charge in [-0.2, -0.15) is 0 Å². The maximum Gasteiger partial charge on any atom is 0.180 e. The highest BCUT2D eigenvalue weighted by molar-refractivity contribution is 6.08. The van der Waals surface area contributed by atoms with Gasteiger partial charge in [0.15, 0.2) is 5.78 Å². The predicted octanol–water partition coefficient (Wildman–Crippen LogP) is 1.97. The number of rotatable bonds is 3. The second-order valence-electron chi connectivity index (χ2n) is 3.21. The van der Waals surface area contributed by atoms with Crippen LogP contribution in [0.25, 0.3) is 11.0 Å². The quantitative estimate of drug-likeness (QED) is 0.782. The van der Waals surface area contributed by atoms with Crippen LogP contribution in [0.4, 0.5) is 4.39 Å². The van der Waals surface area contributed by atoms with Crippen LogP contribution in [0.3, 0.4) is 0 Å². The zero-order chi connectivity index (χ0) is 10.8. The summed E-state index contributed by atoms with van der Waals surface area (Å²) < 4.78 is 18.6. The Kier molecular flexibility index (Phi) is 2.51. The first kappa shape index (κ1) is 9.86. The second kappa shape index (κ2) is 3.82. The van der Waals surface area contributed by atoms with Crippen molar-refractivity contribution in [3.8, 4) is 0 Å². The summed E-state index contributed by atoms with van der Waals surface area (Å²) in [5.41, 5.74) is 0.617. The molecule has 0 fully saturated rings. The second-order valence-corrected chi connectivity index (χ2v) is 3.21. The predicted molar refractivity (Wildman–Crippen MR) is 54.4 cm³/mol. The molecule has 2 aromatic rings. The van der Waals surface area contributed by atoms with E-state index in [1.807, 2.05) is 0 Å². The molecule has 1 aromatic carbocycles. The topological polar surface area (TPSA) is 42.2 Å². The smallest absolute Gasteiger partial charge is 0.180 e. The maximum atomic E-state index is 13.5. The summed E-state index contributed by atoms with van der Waals surface area (Å²) in [5.74, 6) is -0.786. The summed E-state index contributed by atoms with van der Waals surface area (Å²) in [6.07, 6.45) is 1.44. The van der Waals surface area contributed by atoms with Crippen molar-refractivity contribution in [1.82, 2.24) is 5.32 Å². The number of hydrogen-bond donors (Lipinski definition) is 1.